The molecule has 114 valence electrons. The summed E-state index contributed by atoms with van der Waals surface area (Å²) in [5, 5.41) is 3.45. The largest absolute Gasteiger partial charge is 0.468 e. The Hall–Kier alpha value is -0.800. The van der Waals surface area contributed by atoms with E-state index in [9.17, 15) is 0 Å². The molecule has 1 aliphatic heterocycles. The van der Waals surface area contributed by atoms with Crippen LogP contribution in [0.15, 0.2) is 16.7 Å². The summed E-state index contributed by atoms with van der Waals surface area (Å²) in [6.45, 7) is 9.78. The number of hydrogen-bond acceptors (Lipinski definition) is 3. The van der Waals surface area contributed by atoms with Gasteiger partial charge in [0.05, 0.1) is 12.8 Å². The summed E-state index contributed by atoms with van der Waals surface area (Å²) >= 11 is 0. The third-order valence-corrected chi connectivity index (χ3v) is 4.35. The van der Waals surface area contributed by atoms with Gasteiger partial charge in [-0.1, -0.05) is 33.6 Å². The second-order valence-corrected chi connectivity index (χ2v) is 6.29. The Morgan fingerprint density at radius 3 is 2.95 bits per heavy atom. The van der Waals surface area contributed by atoms with Gasteiger partial charge in [-0.25, -0.2) is 0 Å². The highest BCUT2D eigenvalue weighted by molar-refractivity contribution is 5.17. The van der Waals surface area contributed by atoms with Gasteiger partial charge in [0.25, 0.3) is 0 Å². The standard InChI is InChI=1S/C17H30N2O/c1-4-16-8-6-5-7-10-19(16)13-15-9-11-20-17(15)12-18-14(2)3/h9,11,14,16,18H,4-8,10,12-13H2,1-3H3. The van der Waals surface area contributed by atoms with E-state index in [-0.39, 0.29) is 0 Å². The molecule has 0 radical (unpaired) electrons. The van der Waals surface area contributed by atoms with Crippen LogP contribution in [0.25, 0.3) is 0 Å². The molecule has 20 heavy (non-hydrogen) atoms. The molecular formula is C17H30N2O. The molecule has 1 saturated heterocycles. The molecule has 1 aromatic rings. The van der Waals surface area contributed by atoms with Crippen LogP contribution in [-0.2, 0) is 13.1 Å². The quantitative estimate of drug-likeness (QED) is 0.854. The Kier molecular flexibility index (Phi) is 6.11. The third-order valence-electron chi connectivity index (χ3n) is 4.35. The lowest BCUT2D eigenvalue weighted by Gasteiger charge is -2.29. The Labute approximate surface area is 123 Å². The Morgan fingerprint density at radius 1 is 1.35 bits per heavy atom. The fourth-order valence-electron chi connectivity index (χ4n) is 3.09. The van der Waals surface area contributed by atoms with E-state index in [0.717, 1.165) is 24.9 Å². The summed E-state index contributed by atoms with van der Waals surface area (Å²) in [6.07, 6.45) is 8.58. The van der Waals surface area contributed by atoms with E-state index >= 15 is 0 Å². The van der Waals surface area contributed by atoms with E-state index in [1.807, 2.05) is 6.26 Å². The summed E-state index contributed by atoms with van der Waals surface area (Å²) in [7, 11) is 0. The molecule has 3 heteroatoms. The van der Waals surface area contributed by atoms with Crippen LogP contribution in [0.5, 0.6) is 0 Å². The summed E-state index contributed by atoms with van der Waals surface area (Å²) < 4.78 is 5.67. The monoisotopic (exact) mass is 278 g/mol. The van der Waals surface area contributed by atoms with Gasteiger partial charge in [0, 0.05) is 24.2 Å². The molecule has 0 aromatic carbocycles. The highest BCUT2D eigenvalue weighted by Crippen LogP contribution is 2.23. The van der Waals surface area contributed by atoms with Gasteiger partial charge in [0.2, 0.25) is 0 Å². The number of rotatable bonds is 6. The molecule has 2 heterocycles. The number of hydrogen-bond donors (Lipinski definition) is 1. The highest BCUT2D eigenvalue weighted by atomic mass is 16.3. The van der Waals surface area contributed by atoms with Crippen molar-refractivity contribution in [2.24, 2.45) is 0 Å². The summed E-state index contributed by atoms with van der Waals surface area (Å²) in [4.78, 5) is 2.66. The lowest BCUT2D eigenvalue weighted by atomic mass is 10.1. The van der Waals surface area contributed by atoms with Crippen LogP contribution in [-0.4, -0.2) is 23.5 Å². The summed E-state index contributed by atoms with van der Waals surface area (Å²) in [5.41, 5.74) is 1.36. The predicted octanol–water partition coefficient (Wildman–Crippen LogP) is 3.93. The molecule has 0 saturated carbocycles. The number of likely N-dealkylation sites (tertiary alicyclic amines) is 1. The molecule has 1 fully saturated rings. The normalized spacial score (nSPS) is 21.3. The maximum absolute atomic E-state index is 5.67. The fourth-order valence-corrected chi connectivity index (χ4v) is 3.09. The maximum atomic E-state index is 5.67. The SMILES string of the molecule is CCC1CCCCCN1Cc1ccoc1CNC(C)C. The molecule has 1 unspecified atom stereocenters. The van der Waals surface area contributed by atoms with Crippen LogP contribution in [0, 0.1) is 0 Å². The molecule has 0 bridgehead atoms. The molecule has 2 rings (SSSR count). The second kappa shape index (κ2) is 7.84. The van der Waals surface area contributed by atoms with E-state index in [1.54, 1.807) is 0 Å². The van der Waals surface area contributed by atoms with Gasteiger partial charge in [-0.15, -0.1) is 0 Å². The van der Waals surface area contributed by atoms with Gasteiger partial charge in [-0.2, -0.15) is 0 Å². The van der Waals surface area contributed by atoms with Crippen LogP contribution in [0.4, 0.5) is 0 Å². The highest BCUT2D eigenvalue weighted by Gasteiger charge is 2.21. The summed E-state index contributed by atoms with van der Waals surface area (Å²) in [5.74, 6) is 1.11. The third kappa shape index (κ3) is 4.35. The molecular weight excluding hydrogens is 248 g/mol. The van der Waals surface area contributed by atoms with Crippen molar-refractivity contribution in [2.75, 3.05) is 6.54 Å². The van der Waals surface area contributed by atoms with Gasteiger partial charge in [0.1, 0.15) is 5.76 Å². The lowest BCUT2D eigenvalue weighted by molar-refractivity contribution is 0.184. The topological polar surface area (TPSA) is 28.4 Å². The van der Waals surface area contributed by atoms with E-state index in [2.05, 4.69) is 37.1 Å². The predicted molar refractivity (Wildman–Crippen MR) is 83.6 cm³/mol. The maximum Gasteiger partial charge on any atom is 0.122 e. The average Bonchev–Trinajstić information content (AvgIpc) is 2.74. The molecule has 0 spiro atoms. The van der Waals surface area contributed by atoms with Crippen molar-refractivity contribution in [3.05, 3.63) is 23.7 Å². The van der Waals surface area contributed by atoms with Gasteiger partial charge in [-0.05, 0) is 31.9 Å². The summed E-state index contributed by atoms with van der Waals surface area (Å²) in [6, 6.07) is 3.39. The van der Waals surface area contributed by atoms with Gasteiger partial charge < -0.3 is 9.73 Å². The smallest absolute Gasteiger partial charge is 0.122 e. The number of furan rings is 1. The van der Waals surface area contributed by atoms with Crippen molar-refractivity contribution in [2.45, 2.75) is 78.0 Å². The molecule has 1 aromatic heterocycles. The molecule has 3 nitrogen and oxygen atoms in total. The van der Waals surface area contributed by atoms with Gasteiger partial charge in [0.15, 0.2) is 0 Å². The van der Waals surface area contributed by atoms with Gasteiger partial charge in [-0.3, -0.25) is 4.90 Å². The first-order valence-electron chi connectivity index (χ1n) is 8.23. The van der Waals surface area contributed by atoms with Crippen LogP contribution >= 0.6 is 0 Å². The van der Waals surface area contributed by atoms with Crippen LogP contribution in [0.2, 0.25) is 0 Å². The van der Waals surface area contributed by atoms with Crippen molar-refractivity contribution < 1.29 is 4.42 Å². The molecule has 0 amide bonds. The van der Waals surface area contributed by atoms with Gasteiger partial charge >= 0.3 is 0 Å². The lowest BCUT2D eigenvalue weighted by Crippen LogP contribution is -2.34. The van der Waals surface area contributed by atoms with Crippen molar-refractivity contribution in [3.63, 3.8) is 0 Å². The van der Waals surface area contributed by atoms with Crippen LogP contribution in [0.1, 0.15) is 64.2 Å². The minimum absolute atomic E-state index is 0.495. The second-order valence-electron chi connectivity index (χ2n) is 6.29. The van der Waals surface area contributed by atoms with Crippen molar-refractivity contribution >= 4 is 0 Å². The van der Waals surface area contributed by atoms with E-state index in [1.165, 1.54) is 44.2 Å². The Morgan fingerprint density at radius 2 is 2.20 bits per heavy atom. The molecule has 0 aliphatic carbocycles. The molecule has 1 atom stereocenters. The minimum Gasteiger partial charge on any atom is -0.468 e. The zero-order valence-electron chi connectivity index (χ0n) is 13.3. The first-order chi connectivity index (χ1) is 9.70. The van der Waals surface area contributed by atoms with Crippen molar-refractivity contribution in [1.29, 1.82) is 0 Å². The molecule has 1 N–H and O–H groups in total. The first kappa shape index (κ1) is 15.6. The Balaban J connectivity index is 1.98. The fraction of sp³-hybridized carbons (Fsp3) is 0.765. The van der Waals surface area contributed by atoms with E-state index in [0.29, 0.717) is 6.04 Å². The van der Waals surface area contributed by atoms with Crippen LogP contribution in [0.3, 0.4) is 0 Å². The van der Waals surface area contributed by atoms with Crippen LogP contribution < -0.4 is 5.32 Å². The van der Waals surface area contributed by atoms with E-state index in [4.69, 9.17) is 4.42 Å². The van der Waals surface area contributed by atoms with Crippen molar-refractivity contribution in [1.82, 2.24) is 10.2 Å². The Bertz CT molecular complexity index is 386. The van der Waals surface area contributed by atoms with Crippen molar-refractivity contribution in [3.8, 4) is 0 Å². The average molecular weight is 278 g/mol. The van der Waals surface area contributed by atoms with E-state index < -0.39 is 0 Å². The minimum atomic E-state index is 0.495. The number of nitrogens with zero attached hydrogens (tertiary/aromatic N) is 1. The zero-order valence-corrected chi connectivity index (χ0v) is 13.3. The number of nitrogens with one attached hydrogen (secondary N) is 1. The zero-order chi connectivity index (χ0) is 14.4. The molecule has 1 aliphatic rings. The first-order valence-corrected chi connectivity index (χ1v) is 8.23.